The fourth-order valence-corrected chi connectivity index (χ4v) is 3.31. The van der Waals surface area contributed by atoms with Crippen molar-refractivity contribution in [1.82, 2.24) is 15.2 Å². The first-order chi connectivity index (χ1) is 14.9. The number of amides is 2. The van der Waals surface area contributed by atoms with Gasteiger partial charge in [0, 0.05) is 24.5 Å². The summed E-state index contributed by atoms with van der Waals surface area (Å²) in [6.07, 6.45) is 3.07. The zero-order valence-electron chi connectivity index (χ0n) is 17.7. The summed E-state index contributed by atoms with van der Waals surface area (Å²) < 4.78 is 13.7. The van der Waals surface area contributed by atoms with Crippen molar-refractivity contribution in [3.05, 3.63) is 95.1 Å². The normalized spacial score (nSPS) is 11.8. The number of anilines is 1. The standard InChI is InChI=1S/C24H25FN4O2/c1-16-6-4-9-20(22(16)28-23(30)17-10-12-26-13-11-17)24(31)27-15-21(29(2)3)18-7-5-8-19(25)14-18/h4-14,21H,15H2,1-3H3,(H,27,31)(H,28,30). The SMILES string of the molecule is Cc1cccc(C(=O)NCC(c2cccc(F)c2)N(C)C)c1NC(=O)c1ccncc1. The van der Waals surface area contributed by atoms with Crippen molar-refractivity contribution in [3.63, 3.8) is 0 Å². The van der Waals surface area contributed by atoms with E-state index >= 15 is 0 Å². The molecular formula is C24H25FN4O2. The van der Waals surface area contributed by atoms with E-state index < -0.39 is 0 Å². The Morgan fingerprint density at radius 3 is 2.42 bits per heavy atom. The third-order valence-corrected chi connectivity index (χ3v) is 5.01. The van der Waals surface area contributed by atoms with Crippen LogP contribution in [0.2, 0.25) is 0 Å². The van der Waals surface area contributed by atoms with E-state index in [9.17, 15) is 14.0 Å². The number of nitrogens with one attached hydrogen (secondary N) is 2. The fourth-order valence-electron chi connectivity index (χ4n) is 3.31. The van der Waals surface area contributed by atoms with Gasteiger partial charge in [-0.2, -0.15) is 0 Å². The van der Waals surface area contributed by atoms with E-state index in [0.717, 1.165) is 11.1 Å². The number of aryl methyl sites for hydroxylation is 1. The van der Waals surface area contributed by atoms with Crippen molar-refractivity contribution >= 4 is 17.5 Å². The maximum atomic E-state index is 13.7. The second kappa shape index (κ2) is 9.95. The minimum atomic E-state index is -0.324. The number of hydrogen-bond donors (Lipinski definition) is 2. The van der Waals surface area contributed by atoms with E-state index in [-0.39, 0.29) is 30.2 Å². The topological polar surface area (TPSA) is 74.3 Å². The summed E-state index contributed by atoms with van der Waals surface area (Å²) in [5.74, 6) is -0.968. The predicted molar refractivity (Wildman–Crippen MR) is 119 cm³/mol. The van der Waals surface area contributed by atoms with Crippen molar-refractivity contribution < 1.29 is 14.0 Å². The van der Waals surface area contributed by atoms with Crippen molar-refractivity contribution in [1.29, 1.82) is 0 Å². The zero-order chi connectivity index (χ0) is 22.4. The van der Waals surface area contributed by atoms with Crippen LogP contribution < -0.4 is 10.6 Å². The Morgan fingerprint density at radius 1 is 1.03 bits per heavy atom. The lowest BCUT2D eigenvalue weighted by Crippen LogP contribution is -2.35. The Morgan fingerprint density at radius 2 is 1.74 bits per heavy atom. The van der Waals surface area contributed by atoms with Gasteiger partial charge >= 0.3 is 0 Å². The van der Waals surface area contributed by atoms with Crippen LogP contribution in [-0.2, 0) is 0 Å². The Bertz CT molecular complexity index is 1070. The number of benzene rings is 2. The summed E-state index contributed by atoms with van der Waals surface area (Å²) in [6.45, 7) is 2.11. The van der Waals surface area contributed by atoms with Gasteiger partial charge in [-0.1, -0.05) is 24.3 Å². The number of hydrogen-bond acceptors (Lipinski definition) is 4. The molecule has 0 aliphatic rings. The molecule has 2 N–H and O–H groups in total. The molecule has 6 nitrogen and oxygen atoms in total. The minimum Gasteiger partial charge on any atom is -0.350 e. The highest BCUT2D eigenvalue weighted by Gasteiger charge is 2.20. The summed E-state index contributed by atoms with van der Waals surface area (Å²) in [7, 11) is 3.74. The lowest BCUT2D eigenvalue weighted by Gasteiger charge is -2.25. The van der Waals surface area contributed by atoms with Crippen molar-refractivity contribution in [2.45, 2.75) is 13.0 Å². The first kappa shape index (κ1) is 22.1. The molecule has 160 valence electrons. The van der Waals surface area contributed by atoms with Crippen LogP contribution in [0.15, 0.2) is 67.0 Å². The molecule has 0 aliphatic carbocycles. The molecule has 7 heteroatoms. The predicted octanol–water partition coefficient (Wildman–Crippen LogP) is 3.81. The van der Waals surface area contributed by atoms with Crippen molar-refractivity contribution in [2.75, 3.05) is 26.0 Å². The molecule has 1 heterocycles. The summed E-state index contributed by atoms with van der Waals surface area (Å²) in [4.78, 5) is 31.4. The summed E-state index contributed by atoms with van der Waals surface area (Å²) >= 11 is 0. The Kier molecular flexibility index (Phi) is 7.10. The molecule has 0 saturated carbocycles. The quantitative estimate of drug-likeness (QED) is 0.610. The first-order valence-electron chi connectivity index (χ1n) is 9.88. The Hall–Kier alpha value is -3.58. The highest BCUT2D eigenvalue weighted by atomic mass is 19.1. The lowest BCUT2D eigenvalue weighted by molar-refractivity contribution is 0.0942. The average molecular weight is 420 g/mol. The number of para-hydroxylation sites is 1. The second-order valence-electron chi connectivity index (χ2n) is 7.43. The van der Waals surface area contributed by atoms with Crippen molar-refractivity contribution in [2.24, 2.45) is 0 Å². The third kappa shape index (κ3) is 5.52. The Balaban J connectivity index is 1.78. The molecule has 0 fully saturated rings. The molecule has 3 rings (SSSR count). The zero-order valence-corrected chi connectivity index (χ0v) is 17.7. The first-order valence-corrected chi connectivity index (χ1v) is 9.88. The molecule has 0 bridgehead atoms. The van der Waals surface area contributed by atoms with Crippen LogP contribution >= 0.6 is 0 Å². The van der Waals surface area contributed by atoms with Crippen molar-refractivity contribution in [3.8, 4) is 0 Å². The highest BCUT2D eigenvalue weighted by molar-refractivity contribution is 6.09. The lowest BCUT2D eigenvalue weighted by atomic mass is 10.0. The van der Waals surface area contributed by atoms with Gasteiger partial charge in [-0.3, -0.25) is 14.6 Å². The van der Waals surface area contributed by atoms with Crippen LogP contribution in [0.3, 0.4) is 0 Å². The van der Waals surface area contributed by atoms with Crippen LogP contribution in [0.25, 0.3) is 0 Å². The number of rotatable bonds is 7. The van der Waals surface area contributed by atoms with Gasteiger partial charge < -0.3 is 15.5 Å². The fraction of sp³-hybridized carbons (Fsp3) is 0.208. The van der Waals surface area contributed by atoms with E-state index in [1.165, 1.54) is 24.5 Å². The monoisotopic (exact) mass is 420 g/mol. The van der Waals surface area contributed by atoms with Crippen LogP contribution in [-0.4, -0.2) is 42.3 Å². The number of likely N-dealkylation sites (N-methyl/N-ethyl adjacent to an activating group) is 1. The number of halogens is 1. The van der Waals surface area contributed by atoms with Gasteiger partial charge in [-0.25, -0.2) is 4.39 Å². The molecule has 2 aromatic carbocycles. The van der Waals surface area contributed by atoms with Crippen LogP contribution in [0, 0.1) is 12.7 Å². The number of carbonyl (C=O) groups excluding carboxylic acids is 2. The molecule has 3 aromatic rings. The molecule has 1 atom stereocenters. The second-order valence-corrected chi connectivity index (χ2v) is 7.43. The minimum absolute atomic E-state index is 0.209. The molecule has 0 aliphatic heterocycles. The highest BCUT2D eigenvalue weighted by Crippen LogP contribution is 2.23. The van der Waals surface area contributed by atoms with E-state index in [0.29, 0.717) is 16.8 Å². The average Bonchev–Trinajstić information content (AvgIpc) is 2.75. The van der Waals surface area contributed by atoms with E-state index in [4.69, 9.17) is 0 Å². The molecule has 0 spiro atoms. The number of carbonyl (C=O) groups is 2. The van der Waals surface area contributed by atoms with Crippen LogP contribution in [0.5, 0.6) is 0 Å². The maximum absolute atomic E-state index is 13.7. The molecule has 31 heavy (non-hydrogen) atoms. The number of aromatic nitrogens is 1. The maximum Gasteiger partial charge on any atom is 0.255 e. The third-order valence-electron chi connectivity index (χ3n) is 5.01. The number of nitrogens with zero attached hydrogens (tertiary/aromatic N) is 2. The summed E-state index contributed by atoms with van der Waals surface area (Å²) in [6, 6.07) is 14.6. The van der Waals surface area contributed by atoms with Gasteiger partial charge in [0.25, 0.3) is 11.8 Å². The molecule has 1 aromatic heterocycles. The summed E-state index contributed by atoms with van der Waals surface area (Å²) in [5, 5.41) is 5.75. The van der Waals surface area contributed by atoms with E-state index in [1.807, 2.05) is 38.1 Å². The van der Waals surface area contributed by atoms with E-state index in [1.54, 1.807) is 30.3 Å². The number of pyridine rings is 1. The van der Waals surface area contributed by atoms with Gasteiger partial charge in [-0.15, -0.1) is 0 Å². The largest absolute Gasteiger partial charge is 0.350 e. The smallest absolute Gasteiger partial charge is 0.255 e. The van der Waals surface area contributed by atoms with Crippen LogP contribution in [0.1, 0.15) is 37.9 Å². The van der Waals surface area contributed by atoms with Gasteiger partial charge in [-0.05, 0) is 62.5 Å². The molecular weight excluding hydrogens is 395 g/mol. The van der Waals surface area contributed by atoms with Gasteiger partial charge in [0.2, 0.25) is 0 Å². The molecule has 0 saturated heterocycles. The molecule has 1 unspecified atom stereocenters. The van der Waals surface area contributed by atoms with Gasteiger partial charge in [0.1, 0.15) is 5.82 Å². The summed E-state index contributed by atoms with van der Waals surface area (Å²) in [5.41, 5.74) is 2.79. The molecule has 0 radical (unpaired) electrons. The van der Waals surface area contributed by atoms with E-state index in [2.05, 4.69) is 15.6 Å². The molecule has 2 amide bonds. The van der Waals surface area contributed by atoms with Crippen LogP contribution in [0.4, 0.5) is 10.1 Å². The Labute approximate surface area is 181 Å². The van der Waals surface area contributed by atoms with Gasteiger partial charge in [0.05, 0.1) is 17.3 Å². The van der Waals surface area contributed by atoms with Gasteiger partial charge in [0.15, 0.2) is 0 Å².